The number of anilines is 1. The first kappa shape index (κ1) is 18.6. The molecule has 27 heavy (non-hydrogen) atoms. The van der Waals surface area contributed by atoms with Crippen LogP contribution in [-0.2, 0) is 18.3 Å². The van der Waals surface area contributed by atoms with Gasteiger partial charge in [0.25, 0.3) is 5.56 Å². The smallest absolute Gasteiger partial charge is 0.253 e. The van der Waals surface area contributed by atoms with Crippen LogP contribution in [-0.4, -0.2) is 27.8 Å². The summed E-state index contributed by atoms with van der Waals surface area (Å²) in [6.45, 7) is 3.74. The molecule has 0 saturated carbocycles. The Morgan fingerprint density at radius 1 is 1.37 bits per heavy atom. The number of halogens is 1. The number of fused-ring (bicyclic) bond motifs is 1. The summed E-state index contributed by atoms with van der Waals surface area (Å²) in [5.74, 6) is -0.753. The van der Waals surface area contributed by atoms with Gasteiger partial charge in [0.1, 0.15) is 5.65 Å². The van der Waals surface area contributed by atoms with Crippen molar-refractivity contribution in [2.75, 3.05) is 12.4 Å². The Morgan fingerprint density at radius 3 is 2.78 bits per heavy atom. The van der Waals surface area contributed by atoms with E-state index in [1.165, 1.54) is 19.2 Å². The minimum Gasteiger partial charge on any atom is -0.494 e. The molecule has 7 nitrogen and oxygen atoms in total. The maximum Gasteiger partial charge on any atom is 0.253 e. The number of carbonyl (C=O) groups excluding carboxylic acids is 1. The average Bonchev–Trinajstić information content (AvgIpc) is 2.88. The van der Waals surface area contributed by atoms with Crippen molar-refractivity contribution in [3.05, 3.63) is 51.2 Å². The lowest BCUT2D eigenvalue weighted by atomic mass is 10.0. The van der Waals surface area contributed by atoms with Crippen LogP contribution in [0.2, 0.25) is 0 Å². The summed E-state index contributed by atoms with van der Waals surface area (Å²) in [4.78, 5) is 27.5. The van der Waals surface area contributed by atoms with Gasteiger partial charge < -0.3 is 15.0 Å². The predicted octanol–water partition coefficient (Wildman–Crippen LogP) is 2.60. The number of ether oxygens (including phenoxy) is 1. The minimum absolute atomic E-state index is 0.0996. The van der Waals surface area contributed by atoms with Gasteiger partial charge in [0.05, 0.1) is 12.8 Å². The lowest BCUT2D eigenvalue weighted by Gasteiger charge is -2.09. The molecule has 0 unspecified atom stereocenters. The molecule has 0 atom stereocenters. The van der Waals surface area contributed by atoms with Crippen molar-refractivity contribution in [2.24, 2.45) is 7.05 Å². The largest absolute Gasteiger partial charge is 0.494 e. The Morgan fingerprint density at radius 2 is 2.11 bits per heavy atom. The van der Waals surface area contributed by atoms with Gasteiger partial charge in [0.2, 0.25) is 5.91 Å². The fraction of sp³-hybridized carbons (Fsp3) is 0.316. The molecule has 1 aromatic carbocycles. The SMILES string of the molecule is COc1ccc(NC(=O)CCc2c(C)c3c(C)nn(C)c3[nH]c2=O)cc1F. The molecule has 3 rings (SSSR count). The molecule has 0 aliphatic rings. The van der Waals surface area contributed by atoms with Gasteiger partial charge in [-0.2, -0.15) is 5.10 Å². The number of aryl methyl sites for hydroxylation is 3. The molecule has 0 bridgehead atoms. The number of aromatic amines is 1. The molecule has 2 aromatic heterocycles. The van der Waals surface area contributed by atoms with Crippen LogP contribution in [0.25, 0.3) is 11.0 Å². The number of hydrogen-bond acceptors (Lipinski definition) is 4. The zero-order valence-corrected chi connectivity index (χ0v) is 15.6. The molecule has 8 heteroatoms. The molecule has 3 aromatic rings. The Hall–Kier alpha value is -3.16. The molecule has 0 fully saturated rings. The lowest BCUT2D eigenvalue weighted by molar-refractivity contribution is -0.116. The maximum absolute atomic E-state index is 13.7. The number of H-pyrrole nitrogens is 1. The van der Waals surface area contributed by atoms with Gasteiger partial charge in [-0.15, -0.1) is 0 Å². The van der Waals surface area contributed by atoms with E-state index in [4.69, 9.17) is 4.74 Å². The van der Waals surface area contributed by atoms with E-state index in [1.54, 1.807) is 17.8 Å². The standard InChI is InChI=1S/C19H21FN4O3/c1-10-13(19(26)22-18-17(10)11(2)23-24(18)3)6-8-16(25)21-12-5-7-15(27-4)14(20)9-12/h5,7,9H,6,8H2,1-4H3,(H,21,25)(H,22,26). The van der Waals surface area contributed by atoms with Gasteiger partial charge in [-0.3, -0.25) is 14.3 Å². The summed E-state index contributed by atoms with van der Waals surface area (Å²) in [5, 5.41) is 7.85. The highest BCUT2D eigenvalue weighted by molar-refractivity contribution is 5.91. The zero-order valence-electron chi connectivity index (χ0n) is 15.6. The molecular formula is C19H21FN4O3. The second-order valence-corrected chi connectivity index (χ2v) is 6.39. The van der Waals surface area contributed by atoms with Crippen molar-refractivity contribution < 1.29 is 13.9 Å². The van der Waals surface area contributed by atoms with Crippen molar-refractivity contribution in [3.63, 3.8) is 0 Å². The quantitative estimate of drug-likeness (QED) is 0.720. The van der Waals surface area contributed by atoms with Crippen molar-refractivity contribution in [1.82, 2.24) is 14.8 Å². The summed E-state index contributed by atoms with van der Waals surface area (Å²) >= 11 is 0. The topological polar surface area (TPSA) is 89.0 Å². The highest BCUT2D eigenvalue weighted by Gasteiger charge is 2.16. The Balaban J connectivity index is 1.76. The van der Waals surface area contributed by atoms with Gasteiger partial charge in [-0.05, 0) is 38.0 Å². The van der Waals surface area contributed by atoms with E-state index in [9.17, 15) is 14.0 Å². The molecule has 0 saturated heterocycles. The van der Waals surface area contributed by atoms with Crippen molar-refractivity contribution >= 4 is 22.6 Å². The number of carbonyl (C=O) groups is 1. The van der Waals surface area contributed by atoms with E-state index < -0.39 is 5.82 Å². The molecular weight excluding hydrogens is 351 g/mol. The first-order valence-electron chi connectivity index (χ1n) is 8.50. The van der Waals surface area contributed by atoms with Crippen molar-refractivity contribution in [1.29, 1.82) is 0 Å². The number of hydrogen-bond donors (Lipinski definition) is 2. The van der Waals surface area contributed by atoms with E-state index >= 15 is 0 Å². The highest BCUT2D eigenvalue weighted by Crippen LogP contribution is 2.22. The van der Waals surface area contributed by atoms with Crippen LogP contribution in [0.4, 0.5) is 10.1 Å². The van der Waals surface area contributed by atoms with Gasteiger partial charge >= 0.3 is 0 Å². The highest BCUT2D eigenvalue weighted by atomic mass is 19.1. The molecule has 0 radical (unpaired) electrons. The van der Waals surface area contributed by atoms with Crippen LogP contribution in [0.3, 0.4) is 0 Å². The average molecular weight is 372 g/mol. The second-order valence-electron chi connectivity index (χ2n) is 6.39. The summed E-state index contributed by atoms with van der Waals surface area (Å²) in [7, 11) is 3.14. The summed E-state index contributed by atoms with van der Waals surface area (Å²) < 4.78 is 20.2. The molecule has 0 aliphatic carbocycles. The first-order chi connectivity index (χ1) is 12.8. The van der Waals surface area contributed by atoms with Crippen LogP contribution in [0.1, 0.15) is 23.2 Å². The number of aromatic nitrogens is 3. The van der Waals surface area contributed by atoms with Crippen molar-refractivity contribution in [3.8, 4) is 5.75 Å². The third-order valence-corrected chi connectivity index (χ3v) is 4.59. The van der Waals surface area contributed by atoms with Gasteiger partial charge in [0, 0.05) is 36.2 Å². The third kappa shape index (κ3) is 3.55. The molecule has 2 heterocycles. The van der Waals surface area contributed by atoms with E-state index in [-0.39, 0.29) is 30.1 Å². The number of benzene rings is 1. The number of nitrogens with zero attached hydrogens (tertiary/aromatic N) is 2. The first-order valence-corrected chi connectivity index (χ1v) is 8.50. The Labute approximate surface area is 155 Å². The Kier molecular flexibility index (Phi) is 4.98. The number of methoxy groups -OCH3 is 1. The van der Waals surface area contributed by atoms with Gasteiger partial charge in [-0.1, -0.05) is 0 Å². The summed E-state index contributed by atoms with van der Waals surface area (Å²) in [6.07, 6.45) is 0.373. The number of pyridine rings is 1. The number of amides is 1. The number of nitrogens with one attached hydrogen (secondary N) is 2. The molecule has 1 amide bonds. The number of rotatable bonds is 5. The van der Waals surface area contributed by atoms with Crippen LogP contribution in [0, 0.1) is 19.7 Å². The van der Waals surface area contributed by atoms with Crippen LogP contribution in [0.5, 0.6) is 5.75 Å². The van der Waals surface area contributed by atoms with E-state index in [1.807, 2.05) is 13.8 Å². The van der Waals surface area contributed by atoms with Crippen LogP contribution < -0.4 is 15.6 Å². The van der Waals surface area contributed by atoms with Crippen molar-refractivity contribution in [2.45, 2.75) is 26.7 Å². The predicted molar refractivity (Wildman–Crippen MR) is 101 cm³/mol. The second kappa shape index (κ2) is 7.22. The zero-order chi connectivity index (χ0) is 19.7. The minimum atomic E-state index is -0.555. The Bertz CT molecular complexity index is 1080. The van der Waals surface area contributed by atoms with Gasteiger partial charge in [-0.25, -0.2) is 4.39 Å². The monoisotopic (exact) mass is 372 g/mol. The summed E-state index contributed by atoms with van der Waals surface area (Å²) in [5.41, 5.74) is 2.96. The third-order valence-electron chi connectivity index (χ3n) is 4.59. The van der Waals surface area contributed by atoms with E-state index in [0.717, 1.165) is 16.6 Å². The molecule has 142 valence electrons. The summed E-state index contributed by atoms with van der Waals surface area (Å²) in [6, 6.07) is 4.20. The molecule has 0 aliphatic heterocycles. The van der Waals surface area contributed by atoms with Gasteiger partial charge in [0.15, 0.2) is 11.6 Å². The van der Waals surface area contributed by atoms with E-state index in [2.05, 4.69) is 15.4 Å². The molecule has 2 N–H and O–H groups in total. The van der Waals surface area contributed by atoms with Crippen LogP contribution in [0.15, 0.2) is 23.0 Å². The fourth-order valence-electron chi connectivity index (χ4n) is 3.26. The van der Waals surface area contributed by atoms with Crippen LogP contribution >= 0.6 is 0 Å². The molecule has 0 spiro atoms. The maximum atomic E-state index is 13.7. The lowest BCUT2D eigenvalue weighted by Crippen LogP contribution is -2.19. The fourth-order valence-corrected chi connectivity index (χ4v) is 3.26. The normalized spacial score (nSPS) is 11.0. The van der Waals surface area contributed by atoms with E-state index in [0.29, 0.717) is 16.9 Å².